The van der Waals surface area contributed by atoms with E-state index < -0.39 is 12.0 Å². The highest BCUT2D eigenvalue weighted by molar-refractivity contribution is 5.92. The number of hydrogen-bond donors (Lipinski definition) is 0. The zero-order valence-corrected chi connectivity index (χ0v) is 17.7. The Labute approximate surface area is 174 Å². The van der Waals surface area contributed by atoms with E-state index in [4.69, 9.17) is 14.6 Å². The maximum absolute atomic E-state index is 14.6. The number of anilines is 2. The van der Waals surface area contributed by atoms with Crippen molar-refractivity contribution in [2.75, 3.05) is 43.2 Å². The summed E-state index contributed by atoms with van der Waals surface area (Å²) in [6.45, 7) is 4.97. The van der Waals surface area contributed by atoms with Gasteiger partial charge in [0.15, 0.2) is 0 Å². The summed E-state index contributed by atoms with van der Waals surface area (Å²) in [5.41, 5.74) is 0.493. The summed E-state index contributed by atoms with van der Waals surface area (Å²) in [5.74, 6) is -1.93. The summed E-state index contributed by atoms with van der Waals surface area (Å²) in [5, 5.41) is 4.10. The fourth-order valence-corrected chi connectivity index (χ4v) is 4.32. The number of morpholine rings is 1. The zero-order valence-electron chi connectivity index (χ0n) is 17.7. The molecule has 3 aliphatic rings. The fraction of sp³-hybridized carbons (Fsp3) is 0.750. The predicted molar refractivity (Wildman–Crippen MR) is 110 cm³/mol. The number of nitrogens with zero attached hydrogens (tertiary/aromatic N) is 5. The maximum Gasteiger partial charge on any atom is 0.265 e. The predicted octanol–water partition coefficient (Wildman–Crippen LogP) is 2.11. The molecule has 1 saturated heterocycles. The van der Waals surface area contributed by atoms with Crippen molar-refractivity contribution in [3.05, 3.63) is 16.4 Å². The molecule has 0 amide bonds. The molecule has 0 bridgehead atoms. The quantitative estimate of drug-likeness (QED) is 0.514. The van der Waals surface area contributed by atoms with Gasteiger partial charge in [-0.15, -0.1) is 0 Å². The first-order valence-electron chi connectivity index (χ1n) is 10.5. The molecule has 2 atom stereocenters. The number of oxime groups is 1. The minimum absolute atomic E-state index is 0.0474. The Morgan fingerprint density at radius 2 is 2.13 bits per heavy atom. The van der Waals surface area contributed by atoms with E-state index in [2.05, 4.69) is 5.16 Å². The van der Waals surface area contributed by atoms with Crippen LogP contribution in [-0.2, 0) is 16.1 Å². The van der Waals surface area contributed by atoms with Crippen LogP contribution in [0.25, 0.3) is 0 Å². The Morgan fingerprint density at radius 1 is 1.37 bits per heavy atom. The molecular weight excluding hydrogens is 396 g/mol. The Bertz CT molecular complexity index is 865. The van der Waals surface area contributed by atoms with Crippen molar-refractivity contribution in [2.24, 2.45) is 11.1 Å². The van der Waals surface area contributed by atoms with E-state index >= 15 is 0 Å². The molecule has 4 rings (SSSR count). The van der Waals surface area contributed by atoms with E-state index in [9.17, 15) is 13.6 Å². The lowest BCUT2D eigenvalue weighted by molar-refractivity contribution is -0.0146. The van der Waals surface area contributed by atoms with Crippen LogP contribution in [0.15, 0.2) is 16.0 Å². The molecule has 3 heterocycles. The lowest BCUT2D eigenvalue weighted by atomic mass is 10.0. The Hall–Kier alpha value is -2.23. The normalized spacial score (nSPS) is 25.3. The first-order chi connectivity index (χ1) is 14.3. The Kier molecular flexibility index (Phi) is 5.69. The van der Waals surface area contributed by atoms with Crippen LogP contribution in [0.4, 0.5) is 20.5 Å². The van der Waals surface area contributed by atoms with Gasteiger partial charge in [-0.05, 0) is 26.2 Å². The largest absolute Gasteiger partial charge is 0.399 e. The minimum atomic E-state index is -2.95. The second kappa shape index (κ2) is 8.13. The second-order valence-electron chi connectivity index (χ2n) is 8.45. The van der Waals surface area contributed by atoms with Crippen LogP contribution < -0.4 is 15.4 Å². The lowest BCUT2D eigenvalue weighted by Crippen LogP contribution is -2.55. The molecule has 0 unspecified atom stereocenters. The van der Waals surface area contributed by atoms with Crippen LogP contribution in [0.1, 0.15) is 33.1 Å². The third-order valence-corrected chi connectivity index (χ3v) is 6.07. The van der Waals surface area contributed by atoms with Crippen LogP contribution in [0, 0.1) is 5.92 Å². The van der Waals surface area contributed by atoms with E-state index in [0.717, 1.165) is 25.5 Å². The molecule has 1 aliphatic carbocycles. The molecule has 10 heteroatoms. The number of fused-ring (bicyclic) bond motifs is 1. The van der Waals surface area contributed by atoms with Crippen LogP contribution >= 0.6 is 0 Å². The number of rotatable bonds is 6. The van der Waals surface area contributed by atoms with Crippen LogP contribution in [-0.4, -0.2) is 66.7 Å². The van der Waals surface area contributed by atoms with Gasteiger partial charge in [0.2, 0.25) is 5.95 Å². The monoisotopic (exact) mass is 425 g/mol. The standard InChI is InChI=1S/C20H29F2N5O3/c1-13-12-30-9-8-25(13)17-10-18(28)26-7-6-16(20(2,21)22)27(19(26)23-17)11-15(24-29-3)14-4-5-14/h10,13-14,16H,4-9,11-12H2,1-3H3/b24-15-/t13-,16+/m1/s1. The van der Waals surface area contributed by atoms with Gasteiger partial charge in [0.1, 0.15) is 12.9 Å². The van der Waals surface area contributed by atoms with Crippen molar-refractivity contribution in [1.29, 1.82) is 0 Å². The molecule has 2 aliphatic heterocycles. The molecule has 2 fully saturated rings. The van der Waals surface area contributed by atoms with Gasteiger partial charge in [0.25, 0.3) is 11.5 Å². The zero-order chi connectivity index (χ0) is 21.5. The minimum Gasteiger partial charge on any atom is -0.399 e. The summed E-state index contributed by atoms with van der Waals surface area (Å²) >= 11 is 0. The van der Waals surface area contributed by atoms with E-state index in [1.54, 1.807) is 4.90 Å². The maximum atomic E-state index is 14.6. The third kappa shape index (κ3) is 4.14. The number of alkyl halides is 2. The van der Waals surface area contributed by atoms with Crippen LogP contribution in [0.3, 0.4) is 0 Å². The number of hydrogen-bond acceptors (Lipinski definition) is 7. The van der Waals surface area contributed by atoms with Crippen LogP contribution in [0.5, 0.6) is 0 Å². The summed E-state index contributed by atoms with van der Waals surface area (Å²) in [6, 6.07) is 0.479. The average Bonchev–Trinajstić information content (AvgIpc) is 3.52. The van der Waals surface area contributed by atoms with E-state index in [0.29, 0.717) is 25.6 Å². The Balaban J connectivity index is 1.76. The molecule has 166 valence electrons. The van der Waals surface area contributed by atoms with E-state index in [-0.39, 0.29) is 43.0 Å². The number of ether oxygens (including phenoxy) is 1. The molecule has 0 spiro atoms. The van der Waals surface area contributed by atoms with Crippen molar-refractivity contribution in [3.63, 3.8) is 0 Å². The lowest BCUT2D eigenvalue weighted by Gasteiger charge is -2.42. The summed E-state index contributed by atoms with van der Waals surface area (Å²) in [7, 11) is 1.46. The Morgan fingerprint density at radius 3 is 2.77 bits per heavy atom. The topological polar surface area (TPSA) is 72.2 Å². The number of aromatic nitrogens is 2. The van der Waals surface area contributed by atoms with Gasteiger partial charge in [-0.25, -0.2) is 8.78 Å². The molecule has 30 heavy (non-hydrogen) atoms. The molecule has 1 saturated carbocycles. The molecule has 0 radical (unpaired) electrons. The molecule has 8 nitrogen and oxygen atoms in total. The smallest absolute Gasteiger partial charge is 0.265 e. The van der Waals surface area contributed by atoms with Gasteiger partial charge >= 0.3 is 0 Å². The highest BCUT2D eigenvalue weighted by Crippen LogP contribution is 2.36. The van der Waals surface area contributed by atoms with Gasteiger partial charge in [-0.3, -0.25) is 9.36 Å². The van der Waals surface area contributed by atoms with Gasteiger partial charge in [-0.2, -0.15) is 4.98 Å². The molecule has 1 aromatic heterocycles. The first-order valence-corrected chi connectivity index (χ1v) is 10.5. The van der Waals surface area contributed by atoms with Gasteiger partial charge in [-0.1, -0.05) is 5.16 Å². The van der Waals surface area contributed by atoms with Crippen molar-refractivity contribution in [1.82, 2.24) is 9.55 Å². The van der Waals surface area contributed by atoms with Crippen LogP contribution in [0.2, 0.25) is 0 Å². The van der Waals surface area contributed by atoms with Crippen molar-refractivity contribution in [3.8, 4) is 0 Å². The third-order valence-electron chi connectivity index (χ3n) is 6.07. The van der Waals surface area contributed by atoms with Gasteiger partial charge in [0, 0.05) is 32.0 Å². The summed E-state index contributed by atoms with van der Waals surface area (Å²) < 4.78 is 36.1. The van der Waals surface area contributed by atoms with E-state index in [1.807, 2.05) is 11.8 Å². The molecule has 0 N–H and O–H groups in total. The second-order valence-corrected chi connectivity index (χ2v) is 8.45. The van der Waals surface area contributed by atoms with Gasteiger partial charge in [0.05, 0.1) is 37.6 Å². The van der Waals surface area contributed by atoms with Crippen molar-refractivity contribution < 1.29 is 18.4 Å². The number of halogens is 2. The molecule has 0 aromatic carbocycles. The highest BCUT2D eigenvalue weighted by atomic mass is 19.3. The first kappa shape index (κ1) is 21.0. The molecule has 1 aromatic rings. The SMILES string of the molecule is CO/N=C(/CN1c2nc(N3CCOC[C@H]3C)cc(=O)n2CC[C@H]1C(C)(F)F)C1CC1. The van der Waals surface area contributed by atoms with Crippen molar-refractivity contribution >= 4 is 17.5 Å². The summed E-state index contributed by atoms with van der Waals surface area (Å²) in [4.78, 5) is 26.1. The van der Waals surface area contributed by atoms with Crippen molar-refractivity contribution in [2.45, 2.75) is 57.7 Å². The highest BCUT2D eigenvalue weighted by Gasteiger charge is 2.44. The summed E-state index contributed by atoms with van der Waals surface area (Å²) in [6.07, 6.45) is 2.10. The van der Waals surface area contributed by atoms with E-state index in [1.165, 1.54) is 17.7 Å². The fourth-order valence-electron chi connectivity index (χ4n) is 4.32. The average molecular weight is 425 g/mol. The van der Waals surface area contributed by atoms with Gasteiger partial charge < -0.3 is 19.4 Å². The molecular formula is C20H29F2N5O3.